The third-order valence-corrected chi connectivity index (χ3v) is 4.89. The summed E-state index contributed by atoms with van der Waals surface area (Å²) in [6.45, 7) is 1.95. The molecule has 1 heterocycles. The molecule has 9 nitrogen and oxygen atoms in total. The molecule has 0 unspecified atom stereocenters. The number of fused-ring (bicyclic) bond motifs is 1. The van der Waals surface area contributed by atoms with Gasteiger partial charge >= 0.3 is 0 Å². The molecular weight excluding hydrogens is 440 g/mol. The smallest absolute Gasteiger partial charge is 0.273 e. The van der Waals surface area contributed by atoms with Crippen LogP contribution in [0.3, 0.4) is 0 Å². The second kappa shape index (κ2) is 9.86. The number of carbonyl (C=O) groups excluding carboxylic acids is 2. The summed E-state index contributed by atoms with van der Waals surface area (Å²) in [4.78, 5) is 36.2. The van der Waals surface area contributed by atoms with Crippen molar-refractivity contribution in [2.75, 3.05) is 18.5 Å². The number of nitro benzene ring substituents is 1. The van der Waals surface area contributed by atoms with Gasteiger partial charge in [0.2, 0.25) is 5.78 Å². The van der Waals surface area contributed by atoms with Gasteiger partial charge in [-0.3, -0.25) is 19.7 Å². The molecule has 1 aromatic heterocycles. The molecule has 0 radical (unpaired) electrons. The van der Waals surface area contributed by atoms with Crippen molar-refractivity contribution < 1.29 is 28.4 Å². The molecule has 0 fully saturated rings. The second-order valence-corrected chi connectivity index (χ2v) is 7.18. The quantitative estimate of drug-likeness (QED) is 0.212. The van der Waals surface area contributed by atoms with E-state index < -0.39 is 23.2 Å². The van der Waals surface area contributed by atoms with Crippen molar-refractivity contribution in [1.82, 2.24) is 0 Å². The molecule has 1 amide bonds. The number of anilines is 1. The van der Waals surface area contributed by atoms with E-state index in [0.717, 1.165) is 0 Å². The molecular formula is C25H20N2O7. The van der Waals surface area contributed by atoms with Crippen LogP contribution in [-0.2, 0) is 4.79 Å². The number of non-ortho nitro benzene ring substituents is 1. The fourth-order valence-corrected chi connectivity index (χ4v) is 3.34. The summed E-state index contributed by atoms with van der Waals surface area (Å²) in [6.07, 6.45) is 0. The highest BCUT2D eigenvalue weighted by molar-refractivity contribution is 6.17. The first-order valence-corrected chi connectivity index (χ1v) is 10.4. The number of nitrogens with one attached hydrogen (secondary N) is 1. The fraction of sp³-hybridized carbons (Fsp3) is 0.120. The average Bonchev–Trinajstić information content (AvgIpc) is 3.21. The first-order chi connectivity index (χ1) is 16.5. The molecule has 1 N–H and O–H groups in total. The molecule has 34 heavy (non-hydrogen) atoms. The molecule has 9 heteroatoms. The van der Waals surface area contributed by atoms with Gasteiger partial charge in [-0.1, -0.05) is 18.2 Å². The van der Waals surface area contributed by atoms with Gasteiger partial charge in [0.1, 0.15) is 17.1 Å². The van der Waals surface area contributed by atoms with Crippen molar-refractivity contribution in [3.05, 3.63) is 94.2 Å². The lowest BCUT2D eigenvalue weighted by Gasteiger charge is -2.08. The molecule has 172 valence electrons. The number of hydrogen-bond acceptors (Lipinski definition) is 7. The first-order valence-electron chi connectivity index (χ1n) is 10.4. The van der Waals surface area contributed by atoms with Gasteiger partial charge in [0.25, 0.3) is 11.6 Å². The maximum absolute atomic E-state index is 13.2. The van der Waals surface area contributed by atoms with Crippen LogP contribution < -0.4 is 14.8 Å². The number of rotatable bonds is 9. The van der Waals surface area contributed by atoms with Crippen LogP contribution in [0, 0.1) is 10.1 Å². The van der Waals surface area contributed by atoms with E-state index in [1.54, 1.807) is 48.5 Å². The highest BCUT2D eigenvalue weighted by Crippen LogP contribution is 2.33. The van der Waals surface area contributed by atoms with Gasteiger partial charge in [-0.05, 0) is 49.4 Å². The van der Waals surface area contributed by atoms with Crippen molar-refractivity contribution in [1.29, 1.82) is 0 Å². The Labute approximate surface area is 194 Å². The summed E-state index contributed by atoms with van der Waals surface area (Å²) in [7, 11) is 0. The molecule has 0 atom stereocenters. The van der Waals surface area contributed by atoms with Gasteiger partial charge in [-0.2, -0.15) is 0 Å². The predicted molar refractivity (Wildman–Crippen MR) is 124 cm³/mol. The van der Waals surface area contributed by atoms with Crippen LogP contribution in [0.25, 0.3) is 11.0 Å². The zero-order valence-electron chi connectivity index (χ0n) is 18.1. The Bertz CT molecular complexity index is 1360. The Morgan fingerprint density at radius 3 is 2.47 bits per heavy atom. The predicted octanol–water partition coefficient (Wildman–Crippen LogP) is 4.99. The van der Waals surface area contributed by atoms with Crippen LogP contribution in [-0.4, -0.2) is 29.8 Å². The molecule has 0 saturated heterocycles. The number of benzene rings is 3. The molecule has 0 aliphatic rings. The number of amides is 1. The highest BCUT2D eigenvalue weighted by Gasteiger charge is 2.23. The van der Waals surface area contributed by atoms with Crippen molar-refractivity contribution in [3.8, 4) is 11.5 Å². The van der Waals surface area contributed by atoms with Crippen LogP contribution in [0.2, 0.25) is 0 Å². The fourth-order valence-electron chi connectivity index (χ4n) is 3.34. The minimum absolute atomic E-state index is 0.0194. The number of ether oxygens (including phenoxy) is 2. The summed E-state index contributed by atoms with van der Waals surface area (Å²) < 4.78 is 16.6. The Morgan fingerprint density at radius 1 is 0.971 bits per heavy atom. The second-order valence-electron chi connectivity index (χ2n) is 7.18. The lowest BCUT2D eigenvalue weighted by molar-refractivity contribution is -0.384. The van der Waals surface area contributed by atoms with Crippen LogP contribution in [0.4, 0.5) is 11.4 Å². The highest BCUT2D eigenvalue weighted by atomic mass is 16.6. The number of hydrogen-bond donors (Lipinski definition) is 1. The molecule has 0 aliphatic heterocycles. The lowest BCUT2D eigenvalue weighted by Crippen LogP contribution is -2.21. The van der Waals surface area contributed by atoms with Crippen LogP contribution in [0.1, 0.15) is 23.0 Å². The van der Waals surface area contributed by atoms with Crippen molar-refractivity contribution in [2.24, 2.45) is 0 Å². The summed E-state index contributed by atoms with van der Waals surface area (Å²) in [5.41, 5.74) is 0.877. The van der Waals surface area contributed by atoms with E-state index in [-0.39, 0.29) is 22.9 Å². The van der Waals surface area contributed by atoms with Gasteiger partial charge in [-0.15, -0.1) is 0 Å². The Balaban J connectivity index is 1.56. The van der Waals surface area contributed by atoms with Gasteiger partial charge < -0.3 is 19.2 Å². The monoisotopic (exact) mass is 460 g/mol. The number of ketones is 1. The summed E-state index contributed by atoms with van der Waals surface area (Å²) in [5, 5.41) is 14.2. The Morgan fingerprint density at radius 2 is 1.74 bits per heavy atom. The Kier molecular flexibility index (Phi) is 6.54. The summed E-state index contributed by atoms with van der Waals surface area (Å²) in [5.74, 6) is -0.176. The number of para-hydroxylation sites is 1. The number of furan rings is 1. The van der Waals surface area contributed by atoms with Gasteiger partial charge in [0.05, 0.1) is 23.3 Å². The van der Waals surface area contributed by atoms with E-state index in [2.05, 4.69) is 5.32 Å². The van der Waals surface area contributed by atoms with Crippen LogP contribution in [0.15, 0.2) is 77.2 Å². The maximum Gasteiger partial charge on any atom is 0.273 e. The van der Waals surface area contributed by atoms with E-state index in [9.17, 15) is 19.7 Å². The SMILES string of the molecule is CCOc1ccc(C(=O)c2oc3ccccc3c2NC(=O)COc2cccc([N+](=O)[O-])c2)cc1. The third kappa shape index (κ3) is 4.88. The largest absolute Gasteiger partial charge is 0.494 e. The lowest BCUT2D eigenvalue weighted by atomic mass is 10.1. The van der Waals surface area contributed by atoms with E-state index in [0.29, 0.717) is 28.9 Å². The van der Waals surface area contributed by atoms with Crippen molar-refractivity contribution >= 4 is 34.0 Å². The van der Waals surface area contributed by atoms with E-state index in [1.807, 2.05) is 6.92 Å². The van der Waals surface area contributed by atoms with Crippen LogP contribution in [0.5, 0.6) is 11.5 Å². The summed E-state index contributed by atoms with van der Waals surface area (Å²) >= 11 is 0. The standard InChI is InChI=1S/C25H20N2O7/c1-2-32-18-12-10-16(11-13-18)24(29)25-23(20-8-3-4-9-21(20)34-25)26-22(28)15-33-19-7-5-6-17(14-19)27(30)31/h3-14H,2,15H2,1H3,(H,26,28). The molecule has 0 spiro atoms. The third-order valence-electron chi connectivity index (χ3n) is 4.89. The maximum atomic E-state index is 13.2. The zero-order chi connectivity index (χ0) is 24.1. The summed E-state index contributed by atoms with van der Waals surface area (Å²) in [6, 6.07) is 19.1. The molecule has 0 aliphatic carbocycles. The minimum Gasteiger partial charge on any atom is -0.494 e. The molecule has 4 aromatic rings. The average molecular weight is 460 g/mol. The molecule has 0 bridgehead atoms. The topological polar surface area (TPSA) is 121 Å². The van der Waals surface area contributed by atoms with E-state index >= 15 is 0 Å². The van der Waals surface area contributed by atoms with E-state index in [4.69, 9.17) is 13.9 Å². The Hall–Kier alpha value is -4.66. The normalized spacial score (nSPS) is 10.6. The van der Waals surface area contributed by atoms with E-state index in [1.165, 1.54) is 24.3 Å². The first kappa shape index (κ1) is 22.5. The number of nitro groups is 1. The van der Waals surface area contributed by atoms with Gasteiger partial charge in [0, 0.05) is 17.0 Å². The number of carbonyl (C=O) groups is 2. The van der Waals surface area contributed by atoms with Crippen molar-refractivity contribution in [3.63, 3.8) is 0 Å². The van der Waals surface area contributed by atoms with Crippen LogP contribution >= 0.6 is 0 Å². The van der Waals surface area contributed by atoms with Crippen molar-refractivity contribution in [2.45, 2.75) is 6.92 Å². The van der Waals surface area contributed by atoms with Gasteiger partial charge in [0.15, 0.2) is 12.4 Å². The molecule has 3 aromatic carbocycles. The van der Waals surface area contributed by atoms with Gasteiger partial charge in [-0.25, -0.2) is 0 Å². The molecule has 0 saturated carbocycles. The molecule has 4 rings (SSSR count). The minimum atomic E-state index is -0.557. The number of nitrogens with zero attached hydrogens (tertiary/aromatic N) is 1. The zero-order valence-corrected chi connectivity index (χ0v) is 18.1.